The highest BCUT2D eigenvalue weighted by Crippen LogP contribution is 2.32. The van der Waals surface area contributed by atoms with Gasteiger partial charge >= 0.3 is 0 Å². The molecule has 0 spiro atoms. The molecule has 0 bridgehead atoms. The van der Waals surface area contributed by atoms with Crippen molar-refractivity contribution in [3.63, 3.8) is 0 Å². The van der Waals surface area contributed by atoms with Gasteiger partial charge in [-0.25, -0.2) is 9.37 Å². The molecule has 3 aromatic rings. The molecule has 4 nitrogen and oxygen atoms in total. The lowest BCUT2D eigenvalue weighted by atomic mass is 9.94. The molecule has 0 saturated heterocycles. The second-order valence-corrected chi connectivity index (χ2v) is 6.01. The van der Waals surface area contributed by atoms with Crippen LogP contribution in [0.1, 0.15) is 15.9 Å². The Morgan fingerprint density at radius 2 is 1.84 bits per heavy atom. The third-order valence-corrected chi connectivity index (χ3v) is 4.44. The van der Waals surface area contributed by atoms with Gasteiger partial charge in [0.1, 0.15) is 11.6 Å². The van der Waals surface area contributed by atoms with E-state index in [1.165, 1.54) is 6.07 Å². The molecular formula is C20H16FN3O. The molecule has 1 aliphatic heterocycles. The summed E-state index contributed by atoms with van der Waals surface area (Å²) in [5.74, 6) is 0.0152. The summed E-state index contributed by atoms with van der Waals surface area (Å²) in [7, 11) is 0. The average Bonchev–Trinajstić information content (AvgIpc) is 2.63. The standard InChI is InChI=1S/C20H16FN3O/c21-18-4-2-1-3-15(18)14-10-17(19(22)24-11-14)12-5-6-16-13(9-12)7-8-23-20(16)25/h1-6,9-11H,7-8H2,(H2,22,24)(H,23,25). The third-order valence-electron chi connectivity index (χ3n) is 4.44. The van der Waals surface area contributed by atoms with Crippen LogP contribution in [0.5, 0.6) is 0 Å². The van der Waals surface area contributed by atoms with E-state index in [9.17, 15) is 9.18 Å². The summed E-state index contributed by atoms with van der Waals surface area (Å²) >= 11 is 0. The van der Waals surface area contributed by atoms with Crippen LogP contribution in [0.4, 0.5) is 10.2 Å². The van der Waals surface area contributed by atoms with Gasteiger partial charge in [0.05, 0.1) is 0 Å². The summed E-state index contributed by atoms with van der Waals surface area (Å²) in [6.07, 6.45) is 2.35. The van der Waals surface area contributed by atoms with Crippen LogP contribution in [-0.4, -0.2) is 17.4 Å². The fourth-order valence-electron chi connectivity index (χ4n) is 3.14. The number of hydrogen-bond donors (Lipinski definition) is 2. The summed E-state index contributed by atoms with van der Waals surface area (Å²) in [5.41, 5.74) is 10.5. The van der Waals surface area contributed by atoms with E-state index in [4.69, 9.17) is 5.73 Å². The van der Waals surface area contributed by atoms with E-state index in [-0.39, 0.29) is 11.7 Å². The van der Waals surface area contributed by atoms with Gasteiger partial charge in [-0.1, -0.05) is 30.3 Å². The number of benzene rings is 2. The highest BCUT2D eigenvalue weighted by molar-refractivity contribution is 5.97. The lowest BCUT2D eigenvalue weighted by molar-refractivity contribution is 0.0946. The minimum absolute atomic E-state index is 0.0565. The summed E-state index contributed by atoms with van der Waals surface area (Å²) in [5, 5.41) is 2.83. The van der Waals surface area contributed by atoms with E-state index in [0.29, 0.717) is 29.1 Å². The molecule has 0 radical (unpaired) electrons. The number of nitrogen functional groups attached to an aromatic ring is 1. The zero-order valence-corrected chi connectivity index (χ0v) is 13.4. The van der Waals surface area contributed by atoms with Crippen LogP contribution in [0.15, 0.2) is 54.7 Å². The van der Waals surface area contributed by atoms with Crippen molar-refractivity contribution in [1.29, 1.82) is 0 Å². The molecule has 0 atom stereocenters. The summed E-state index contributed by atoms with van der Waals surface area (Å²) in [4.78, 5) is 16.1. The molecule has 1 amide bonds. The quantitative estimate of drug-likeness (QED) is 0.755. The van der Waals surface area contributed by atoms with Gasteiger partial charge in [0.2, 0.25) is 0 Å². The van der Waals surface area contributed by atoms with Crippen molar-refractivity contribution in [2.75, 3.05) is 12.3 Å². The van der Waals surface area contributed by atoms with Crippen molar-refractivity contribution in [3.05, 3.63) is 71.7 Å². The van der Waals surface area contributed by atoms with Gasteiger partial charge in [-0.2, -0.15) is 0 Å². The maximum Gasteiger partial charge on any atom is 0.251 e. The second-order valence-electron chi connectivity index (χ2n) is 6.01. The smallest absolute Gasteiger partial charge is 0.251 e. The van der Waals surface area contributed by atoms with E-state index in [1.54, 1.807) is 30.5 Å². The minimum atomic E-state index is -0.304. The Labute approximate surface area is 144 Å². The number of rotatable bonds is 2. The topological polar surface area (TPSA) is 68.0 Å². The monoisotopic (exact) mass is 333 g/mol. The molecular weight excluding hydrogens is 317 g/mol. The Bertz CT molecular complexity index is 984. The molecule has 0 aliphatic carbocycles. The Morgan fingerprint density at radius 3 is 2.68 bits per heavy atom. The number of nitrogens with two attached hydrogens (primary N) is 1. The zero-order valence-electron chi connectivity index (χ0n) is 13.4. The molecule has 124 valence electrons. The minimum Gasteiger partial charge on any atom is -0.383 e. The predicted octanol–water partition coefficient (Wildman–Crippen LogP) is 3.42. The Balaban J connectivity index is 1.82. The van der Waals surface area contributed by atoms with Crippen molar-refractivity contribution < 1.29 is 9.18 Å². The summed E-state index contributed by atoms with van der Waals surface area (Å²) < 4.78 is 14.1. The summed E-state index contributed by atoms with van der Waals surface area (Å²) in [6, 6.07) is 14.0. The molecule has 0 saturated carbocycles. The van der Waals surface area contributed by atoms with Crippen molar-refractivity contribution in [2.45, 2.75) is 6.42 Å². The largest absolute Gasteiger partial charge is 0.383 e. The SMILES string of the molecule is Nc1ncc(-c2ccccc2F)cc1-c1ccc2c(c1)CCNC2=O. The highest BCUT2D eigenvalue weighted by atomic mass is 19.1. The number of amides is 1. The number of carbonyl (C=O) groups is 1. The fourth-order valence-corrected chi connectivity index (χ4v) is 3.14. The number of nitrogens with zero attached hydrogens (tertiary/aromatic N) is 1. The Morgan fingerprint density at radius 1 is 1.00 bits per heavy atom. The molecule has 4 rings (SSSR count). The molecule has 1 aromatic heterocycles. The normalized spacial score (nSPS) is 13.2. The van der Waals surface area contributed by atoms with Crippen LogP contribution in [-0.2, 0) is 6.42 Å². The number of anilines is 1. The highest BCUT2D eigenvalue weighted by Gasteiger charge is 2.18. The van der Waals surface area contributed by atoms with Gasteiger partial charge in [0.15, 0.2) is 0 Å². The van der Waals surface area contributed by atoms with Crippen molar-refractivity contribution in [2.24, 2.45) is 0 Å². The van der Waals surface area contributed by atoms with Crippen LogP contribution in [0, 0.1) is 5.82 Å². The molecule has 25 heavy (non-hydrogen) atoms. The predicted molar refractivity (Wildman–Crippen MR) is 95.5 cm³/mol. The average molecular weight is 333 g/mol. The number of fused-ring (bicyclic) bond motifs is 1. The number of halogens is 1. The van der Waals surface area contributed by atoms with Crippen molar-refractivity contribution >= 4 is 11.7 Å². The molecule has 2 heterocycles. The molecule has 0 unspecified atom stereocenters. The first-order chi connectivity index (χ1) is 12.1. The summed E-state index contributed by atoms with van der Waals surface area (Å²) in [6.45, 7) is 0.623. The number of carbonyl (C=O) groups excluding carboxylic acids is 1. The van der Waals surface area contributed by atoms with Gasteiger partial charge < -0.3 is 11.1 Å². The van der Waals surface area contributed by atoms with Gasteiger partial charge in [-0.15, -0.1) is 0 Å². The van der Waals surface area contributed by atoms with Crippen LogP contribution in [0.2, 0.25) is 0 Å². The van der Waals surface area contributed by atoms with E-state index in [2.05, 4.69) is 10.3 Å². The van der Waals surface area contributed by atoms with Gasteiger partial charge in [-0.3, -0.25) is 4.79 Å². The molecule has 2 aromatic carbocycles. The van der Waals surface area contributed by atoms with E-state index in [0.717, 1.165) is 23.1 Å². The third kappa shape index (κ3) is 2.74. The maximum atomic E-state index is 14.1. The number of nitrogens with one attached hydrogen (secondary N) is 1. The first kappa shape index (κ1) is 15.3. The fraction of sp³-hybridized carbons (Fsp3) is 0.100. The van der Waals surface area contributed by atoms with Crippen LogP contribution in [0.25, 0.3) is 22.3 Å². The molecule has 3 N–H and O–H groups in total. The lowest BCUT2D eigenvalue weighted by Crippen LogP contribution is -2.31. The van der Waals surface area contributed by atoms with Gasteiger partial charge in [0.25, 0.3) is 5.91 Å². The van der Waals surface area contributed by atoms with Crippen LogP contribution < -0.4 is 11.1 Å². The number of aromatic nitrogens is 1. The Kier molecular flexibility index (Phi) is 3.69. The van der Waals surface area contributed by atoms with Crippen molar-refractivity contribution in [1.82, 2.24) is 10.3 Å². The van der Waals surface area contributed by atoms with Gasteiger partial charge in [0, 0.05) is 35.0 Å². The first-order valence-corrected chi connectivity index (χ1v) is 8.05. The lowest BCUT2D eigenvalue weighted by Gasteiger charge is -2.18. The van der Waals surface area contributed by atoms with E-state index in [1.807, 2.05) is 18.2 Å². The molecule has 1 aliphatic rings. The van der Waals surface area contributed by atoms with Crippen molar-refractivity contribution in [3.8, 4) is 22.3 Å². The number of hydrogen-bond acceptors (Lipinski definition) is 3. The van der Waals surface area contributed by atoms with E-state index < -0.39 is 0 Å². The maximum absolute atomic E-state index is 14.1. The zero-order chi connectivity index (χ0) is 17.4. The number of pyridine rings is 1. The molecule has 5 heteroatoms. The van der Waals surface area contributed by atoms with Gasteiger partial charge in [-0.05, 0) is 35.7 Å². The second kappa shape index (κ2) is 6.02. The molecule has 0 fully saturated rings. The van der Waals surface area contributed by atoms with E-state index >= 15 is 0 Å². The van der Waals surface area contributed by atoms with Crippen LogP contribution >= 0.6 is 0 Å². The Hall–Kier alpha value is -3.21. The first-order valence-electron chi connectivity index (χ1n) is 8.05. The van der Waals surface area contributed by atoms with Crippen LogP contribution in [0.3, 0.4) is 0 Å².